The number of rotatable bonds is 3. The van der Waals surface area contributed by atoms with E-state index in [1.54, 1.807) is 6.33 Å². The number of hydrogen-bond donors (Lipinski definition) is 0. The van der Waals surface area contributed by atoms with Crippen LogP contribution in [0.3, 0.4) is 0 Å². The minimum atomic E-state index is 0.143. The van der Waals surface area contributed by atoms with Gasteiger partial charge in [-0.05, 0) is 36.4 Å². The van der Waals surface area contributed by atoms with Crippen LogP contribution in [0, 0.1) is 0 Å². The number of carbonyl (C=O) groups excluding carboxylic acids is 1. The highest BCUT2D eigenvalue weighted by molar-refractivity contribution is 9.10. The summed E-state index contributed by atoms with van der Waals surface area (Å²) in [6.07, 6.45) is 2.30. The van der Waals surface area contributed by atoms with E-state index in [0.717, 1.165) is 26.8 Å². The first-order valence-corrected chi connectivity index (χ1v) is 7.24. The number of halogens is 1. The Morgan fingerprint density at radius 2 is 2.10 bits per heavy atom. The van der Waals surface area contributed by atoms with Crippen LogP contribution in [0.5, 0.6) is 0 Å². The molecule has 0 saturated carbocycles. The van der Waals surface area contributed by atoms with E-state index in [4.69, 9.17) is 0 Å². The number of benzene rings is 2. The Morgan fingerprint density at radius 3 is 2.85 bits per heavy atom. The molecule has 0 saturated heterocycles. The van der Waals surface area contributed by atoms with Gasteiger partial charge in [-0.2, -0.15) is 0 Å². The monoisotopic (exact) mass is 328 g/mol. The third kappa shape index (κ3) is 2.27. The molecule has 0 N–H and O–H groups in total. The summed E-state index contributed by atoms with van der Waals surface area (Å²) in [5, 5.41) is 0. The van der Waals surface area contributed by atoms with Crippen molar-refractivity contribution in [3.8, 4) is 5.69 Å². The quantitative estimate of drug-likeness (QED) is 0.668. The summed E-state index contributed by atoms with van der Waals surface area (Å²) in [5.74, 6) is 0.143. The molecule has 3 aromatic rings. The summed E-state index contributed by atoms with van der Waals surface area (Å²) in [5.41, 5.74) is 3.59. The minimum Gasteiger partial charge on any atom is -0.299 e. The molecule has 1 heterocycles. The number of ketones is 1. The van der Waals surface area contributed by atoms with Crippen molar-refractivity contribution in [1.82, 2.24) is 9.55 Å². The van der Waals surface area contributed by atoms with Gasteiger partial charge in [-0.3, -0.25) is 9.36 Å². The molecule has 4 heteroatoms. The van der Waals surface area contributed by atoms with Crippen molar-refractivity contribution in [2.45, 2.75) is 13.3 Å². The molecule has 0 bridgehead atoms. The first-order chi connectivity index (χ1) is 9.69. The second kappa shape index (κ2) is 5.21. The molecule has 3 rings (SSSR count). The predicted molar refractivity (Wildman–Crippen MR) is 83.4 cm³/mol. The van der Waals surface area contributed by atoms with Gasteiger partial charge in [-0.25, -0.2) is 4.98 Å². The fourth-order valence-corrected chi connectivity index (χ4v) is 2.61. The van der Waals surface area contributed by atoms with Crippen LogP contribution in [-0.2, 0) is 0 Å². The number of aromatic nitrogens is 2. The van der Waals surface area contributed by atoms with Gasteiger partial charge in [-0.1, -0.05) is 28.9 Å². The number of fused-ring (bicyclic) bond motifs is 1. The lowest BCUT2D eigenvalue weighted by Gasteiger charge is -2.05. The molecule has 0 unspecified atom stereocenters. The second-order valence-electron chi connectivity index (χ2n) is 4.57. The Hall–Kier alpha value is -1.94. The van der Waals surface area contributed by atoms with Crippen LogP contribution < -0.4 is 0 Å². The number of nitrogens with zero attached hydrogens (tertiary/aromatic N) is 2. The third-order valence-electron chi connectivity index (χ3n) is 3.28. The molecule has 100 valence electrons. The van der Waals surface area contributed by atoms with Crippen LogP contribution in [0.2, 0.25) is 0 Å². The first kappa shape index (κ1) is 13.1. The zero-order chi connectivity index (χ0) is 14.1. The maximum Gasteiger partial charge on any atom is 0.162 e. The zero-order valence-corrected chi connectivity index (χ0v) is 12.6. The van der Waals surface area contributed by atoms with E-state index in [0.29, 0.717) is 6.42 Å². The van der Waals surface area contributed by atoms with E-state index in [1.807, 2.05) is 54.0 Å². The van der Waals surface area contributed by atoms with Crippen LogP contribution in [0.1, 0.15) is 23.7 Å². The van der Waals surface area contributed by atoms with Gasteiger partial charge in [0.05, 0.1) is 11.0 Å². The molecule has 0 aliphatic carbocycles. The number of carbonyl (C=O) groups is 1. The van der Waals surface area contributed by atoms with Gasteiger partial charge in [0.15, 0.2) is 5.78 Å². The fourth-order valence-electron chi connectivity index (χ4n) is 2.22. The molecule has 3 nitrogen and oxygen atoms in total. The van der Waals surface area contributed by atoms with E-state index < -0.39 is 0 Å². The minimum absolute atomic E-state index is 0.143. The SMILES string of the molecule is CCC(=O)c1ccc2c(c1)ncn2-c1cccc(Br)c1. The van der Waals surface area contributed by atoms with Crippen molar-refractivity contribution in [2.75, 3.05) is 0 Å². The summed E-state index contributed by atoms with van der Waals surface area (Å²) in [6, 6.07) is 13.7. The van der Waals surface area contributed by atoms with Gasteiger partial charge in [0.2, 0.25) is 0 Å². The molecule has 0 radical (unpaired) electrons. The maximum atomic E-state index is 11.7. The predicted octanol–water partition coefficient (Wildman–Crippen LogP) is 4.38. The van der Waals surface area contributed by atoms with Crippen molar-refractivity contribution in [2.24, 2.45) is 0 Å². The number of Topliss-reactive ketones (excluding diaryl/α,β-unsaturated/α-hetero) is 1. The van der Waals surface area contributed by atoms with Gasteiger partial charge >= 0.3 is 0 Å². The van der Waals surface area contributed by atoms with Crippen molar-refractivity contribution in [3.05, 3.63) is 58.8 Å². The van der Waals surface area contributed by atoms with Crippen LogP contribution >= 0.6 is 15.9 Å². The maximum absolute atomic E-state index is 11.7. The van der Waals surface area contributed by atoms with E-state index >= 15 is 0 Å². The molecule has 0 aliphatic heterocycles. The summed E-state index contributed by atoms with van der Waals surface area (Å²) in [6.45, 7) is 1.87. The van der Waals surface area contributed by atoms with Crippen LogP contribution in [0.25, 0.3) is 16.7 Å². The molecule has 20 heavy (non-hydrogen) atoms. The molecule has 0 fully saturated rings. The summed E-state index contributed by atoms with van der Waals surface area (Å²) in [4.78, 5) is 16.1. The summed E-state index contributed by atoms with van der Waals surface area (Å²) >= 11 is 3.47. The van der Waals surface area contributed by atoms with Gasteiger partial charge in [-0.15, -0.1) is 0 Å². The highest BCUT2D eigenvalue weighted by Gasteiger charge is 2.08. The Bertz CT molecular complexity index is 792. The lowest BCUT2D eigenvalue weighted by molar-refractivity contribution is 0.0988. The average Bonchev–Trinajstić information content (AvgIpc) is 2.89. The summed E-state index contributed by atoms with van der Waals surface area (Å²) < 4.78 is 3.04. The average molecular weight is 329 g/mol. The molecular formula is C16H13BrN2O. The zero-order valence-electron chi connectivity index (χ0n) is 11.0. The molecule has 0 spiro atoms. The molecule has 0 amide bonds. The first-order valence-electron chi connectivity index (χ1n) is 6.45. The van der Waals surface area contributed by atoms with Crippen molar-refractivity contribution in [3.63, 3.8) is 0 Å². The Morgan fingerprint density at radius 1 is 1.25 bits per heavy atom. The molecule has 1 aromatic heterocycles. The third-order valence-corrected chi connectivity index (χ3v) is 3.77. The van der Waals surface area contributed by atoms with Crippen LogP contribution in [0.4, 0.5) is 0 Å². The van der Waals surface area contributed by atoms with Gasteiger partial charge in [0.25, 0.3) is 0 Å². The smallest absolute Gasteiger partial charge is 0.162 e. The fraction of sp³-hybridized carbons (Fsp3) is 0.125. The highest BCUT2D eigenvalue weighted by atomic mass is 79.9. The summed E-state index contributed by atoms with van der Waals surface area (Å²) in [7, 11) is 0. The van der Waals surface area contributed by atoms with E-state index in [-0.39, 0.29) is 5.78 Å². The normalized spacial score (nSPS) is 10.9. The van der Waals surface area contributed by atoms with Crippen molar-refractivity contribution >= 4 is 32.7 Å². The van der Waals surface area contributed by atoms with Gasteiger partial charge in [0, 0.05) is 22.1 Å². The van der Waals surface area contributed by atoms with Gasteiger partial charge in [0.1, 0.15) is 6.33 Å². The second-order valence-corrected chi connectivity index (χ2v) is 5.49. The lowest BCUT2D eigenvalue weighted by atomic mass is 10.1. The highest BCUT2D eigenvalue weighted by Crippen LogP contribution is 2.22. The van der Waals surface area contributed by atoms with E-state index in [2.05, 4.69) is 20.9 Å². The van der Waals surface area contributed by atoms with E-state index in [9.17, 15) is 4.79 Å². The topological polar surface area (TPSA) is 34.9 Å². The standard InChI is InChI=1S/C16H13BrN2O/c1-2-16(20)11-6-7-15-14(8-11)18-10-19(15)13-5-3-4-12(17)9-13/h3-10H,2H2,1H3. The lowest BCUT2D eigenvalue weighted by Crippen LogP contribution is -1.96. The van der Waals surface area contributed by atoms with Gasteiger partial charge < -0.3 is 0 Å². The van der Waals surface area contributed by atoms with Crippen molar-refractivity contribution < 1.29 is 4.79 Å². The van der Waals surface area contributed by atoms with Crippen LogP contribution in [-0.4, -0.2) is 15.3 Å². The Balaban J connectivity index is 2.13. The Labute approximate surface area is 125 Å². The number of hydrogen-bond acceptors (Lipinski definition) is 2. The largest absolute Gasteiger partial charge is 0.299 e. The molecule has 0 atom stereocenters. The van der Waals surface area contributed by atoms with Crippen molar-refractivity contribution in [1.29, 1.82) is 0 Å². The Kier molecular flexibility index (Phi) is 3.40. The molecular weight excluding hydrogens is 316 g/mol. The molecule has 0 aliphatic rings. The molecule has 2 aromatic carbocycles. The number of imidazole rings is 1. The van der Waals surface area contributed by atoms with Crippen LogP contribution in [0.15, 0.2) is 53.3 Å². The van der Waals surface area contributed by atoms with E-state index in [1.165, 1.54) is 0 Å².